The molecule has 0 saturated carbocycles. The van der Waals surface area contributed by atoms with Crippen LogP contribution in [0.25, 0.3) is 0 Å². The van der Waals surface area contributed by atoms with E-state index in [4.69, 9.17) is 14.2 Å². The van der Waals surface area contributed by atoms with E-state index < -0.39 is 17.5 Å². The second-order valence-electron chi connectivity index (χ2n) is 7.16. The first-order chi connectivity index (χ1) is 14.3. The Balaban J connectivity index is 2.17. The van der Waals surface area contributed by atoms with Crippen molar-refractivity contribution < 1.29 is 33.4 Å². The van der Waals surface area contributed by atoms with Crippen molar-refractivity contribution in [1.82, 2.24) is 0 Å². The van der Waals surface area contributed by atoms with Crippen LogP contribution in [0.1, 0.15) is 62.7 Å². The third kappa shape index (κ3) is 10.5. The lowest BCUT2D eigenvalue weighted by molar-refractivity contribution is -0.158. The Morgan fingerprint density at radius 3 is 2.17 bits per heavy atom. The van der Waals surface area contributed by atoms with Crippen molar-refractivity contribution in [3.05, 3.63) is 48.6 Å². The Labute approximate surface area is 177 Å². The summed E-state index contributed by atoms with van der Waals surface area (Å²) in [6, 6.07) is 8.60. The van der Waals surface area contributed by atoms with E-state index in [-0.39, 0.29) is 37.8 Å². The van der Waals surface area contributed by atoms with Gasteiger partial charge in [-0.1, -0.05) is 36.4 Å². The molecule has 1 unspecified atom stereocenters. The number of carbonyl (C=O) groups excluding carboxylic acids is 4. The molecule has 0 heterocycles. The third-order valence-corrected chi connectivity index (χ3v) is 4.33. The molecule has 1 atom stereocenters. The quantitative estimate of drug-likeness (QED) is 0.149. The molecule has 0 aromatic heterocycles. The lowest BCUT2D eigenvalue weighted by atomic mass is 9.98. The number of ketones is 1. The number of hydrogen-bond donors (Lipinski definition) is 0. The third-order valence-electron chi connectivity index (χ3n) is 4.33. The SMILES string of the molecule is C=CCC(C)(CCOC(=O)CCCCC(=O)OCC(=O)c1ccccc1)OC(C)=O. The molecule has 0 saturated heterocycles. The van der Waals surface area contributed by atoms with Gasteiger partial charge >= 0.3 is 17.9 Å². The fraction of sp³-hybridized carbons (Fsp3) is 0.478. The van der Waals surface area contributed by atoms with E-state index in [9.17, 15) is 19.2 Å². The summed E-state index contributed by atoms with van der Waals surface area (Å²) in [7, 11) is 0. The van der Waals surface area contributed by atoms with Crippen LogP contribution in [0, 0.1) is 0 Å². The Bertz CT molecular complexity index is 726. The molecule has 7 nitrogen and oxygen atoms in total. The van der Waals surface area contributed by atoms with Crippen LogP contribution in [0.4, 0.5) is 0 Å². The summed E-state index contributed by atoms with van der Waals surface area (Å²) < 4.78 is 15.4. The summed E-state index contributed by atoms with van der Waals surface area (Å²) in [5, 5.41) is 0. The van der Waals surface area contributed by atoms with E-state index in [2.05, 4.69) is 6.58 Å². The van der Waals surface area contributed by atoms with Crippen molar-refractivity contribution in [3.63, 3.8) is 0 Å². The standard InChI is InChI=1S/C23H30O7/c1-4-14-23(3,30-18(2)24)15-16-28-21(26)12-8-9-13-22(27)29-17-20(25)19-10-6-5-7-11-19/h4-7,10-11H,1,8-9,12-17H2,2-3H3. The highest BCUT2D eigenvalue weighted by molar-refractivity contribution is 5.97. The van der Waals surface area contributed by atoms with E-state index in [1.807, 2.05) is 0 Å². The number of ether oxygens (including phenoxy) is 3. The zero-order valence-electron chi connectivity index (χ0n) is 17.7. The first kappa shape index (κ1) is 25.1. The summed E-state index contributed by atoms with van der Waals surface area (Å²) in [4.78, 5) is 46.6. The van der Waals surface area contributed by atoms with Gasteiger partial charge in [-0.05, 0) is 19.8 Å². The van der Waals surface area contributed by atoms with Gasteiger partial charge < -0.3 is 14.2 Å². The molecule has 0 radical (unpaired) electrons. The summed E-state index contributed by atoms with van der Waals surface area (Å²) in [6.45, 7) is 6.56. The molecule has 1 aromatic rings. The summed E-state index contributed by atoms with van der Waals surface area (Å²) in [5.41, 5.74) is -0.264. The monoisotopic (exact) mass is 418 g/mol. The number of benzene rings is 1. The van der Waals surface area contributed by atoms with Gasteiger partial charge in [0, 0.05) is 38.2 Å². The molecule has 0 fully saturated rings. The molecule has 1 rings (SSSR count). The second kappa shape index (κ2) is 13.3. The van der Waals surface area contributed by atoms with E-state index in [1.54, 1.807) is 43.3 Å². The normalized spacial score (nSPS) is 12.3. The van der Waals surface area contributed by atoms with Crippen LogP contribution in [0.3, 0.4) is 0 Å². The Kier molecular flexibility index (Phi) is 11.1. The highest BCUT2D eigenvalue weighted by atomic mass is 16.6. The van der Waals surface area contributed by atoms with Gasteiger partial charge in [0.1, 0.15) is 5.60 Å². The Morgan fingerprint density at radius 1 is 1.00 bits per heavy atom. The number of rotatable bonds is 14. The minimum atomic E-state index is -0.755. The van der Waals surface area contributed by atoms with Crippen molar-refractivity contribution in [2.24, 2.45) is 0 Å². The van der Waals surface area contributed by atoms with Crippen LogP contribution < -0.4 is 0 Å². The van der Waals surface area contributed by atoms with Crippen molar-refractivity contribution in [1.29, 1.82) is 0 Å². The van der Waals surface area contributed by atoms with Crippen molar-refractivity contribution >= 4 is 23.7 Å². The first-order valence-corrected chi connectivity index (χ1v) is 9.96. The second-order valence-corrected chi connectivity index (χ2v) is 7.16. The summed E-state index contributed by atoms with van der Waals surface area (Å²) >= 11 is 0. The van der Waals surface area contributed by atoms with E-state index in [1.165, 1.54) is 6.92 Å². The average Bonchev–Trinajstić information content (AvgIpc) is 2.69. The van der Waals surface area contributed by atoms with Crippen molar-refractivity contribution in [2.45, 2.75) is 58.0 Å². The predicted octanol–water partition coefficient (Wildman–Crippen LogP) is 3.80. The molecule has 0 amide bonds. The molecule has 1 aromatic carbocycles. The average molecular weight is 418 g/mol. The molecule has 0 aliphatic rings. The molecule has 164 valence electrons. The maximum Gasteiger partial charge on any atom is 0.306 e. The fourth-order valence-corrected chi connectivity index (χ4v) is 2.76. The molecule has 30 heavy (non-hydrogen) atoms. The van der Waals surface area contributed by atoms with Crippen molar-refractivity contribution in [3.8, 4) is 0 Å². The molecule has 7 heteroatoms. The zero-order chi connectivity index (χ0) is 22.4. The van der Waals surface area contributed by atoms with Crippen molar-refractivity contribution in [2.75, 3.05) is 13.2 Å². The van der Waals surface area contributed by atoms with Crippen LogP contribution in [0.15, 0.2) is 43.0 Å². The van der Waals surface area contributed by atoms with E-state index in [0.29, 0.717) is 31.2 Å². The molecular formula is C23H30O7. The number of carbonyl (C=O) groups is 4. The number of Topliss-reactive ketones (excluding diaryl/α,β-unsaturated/α-hetero) is 1. The Hall–Kier alpha value is -2.96. The van der Waals surface area contributed by atoms with Crippen LogP contribution in [0.5, 0.6) is 0 Å². The molecule has 0 bridgehead atoms. The van der Waals surface area contributed by atoms with Gasteiger partial charge in [0.15, 0.2) is 12.4 Å². The van der Waals surface area contributed by atoms with Gasteiger partial charge in [0.05, 0.1) is 6.61 Å². The van der Waals surface area contributed by atoms with Gasteiger partial charge in [0.2, 0.25) is 0 Å². The minimum absolute atomic E-state index is 0.124. The number of hydrogen-bond acceptors (Lipinski definition) is 7. The van der Waals surface area contributed by atoms with Gasteiger partial charge in [-0.2, -0.15) is 0 Å². The number of esters is 3. The first-order valence-electron chi connectivity index (χ1n) is 9.96. The van der Waals surface area contributed by atoms with E-state index >= 15 is 0 Å². The molecular weight excluding hydrogens is 388 g/mol. The topological polar surface area (TPSA) is 96.0 Å². The summed E-state index contributed by atoms with van der Waals surface area (Å²) in [6.07, 6.45) is 3.69. The molecule has 0 N–H and O–H groups in total. The predicted molar refractivity (Wildman–Crippen MR) is 111 cm³/mol. The largest absolute Gasteiger partial charge is 0.466 e. The van der Waals surface area contributed by atoms with Crippen LogP contribution in [-0.4, -0.2) is 42.5 Å². The van der Waals surface area contributed by atoms with Gasteiger partial charge in [0.25, 0.3) is 0 Å². The molecule has 0 aliphatic heterocycles. The van der Waals surface area contributed by atoms with Gasteiger partial charge in [-0.3, -0.25) is 19.2 Å². The highest BCUT2D eigenvalue weighted by Crippen LogP contribution is 2.21. The molecule has 0 spiro atoms. The van der Waals surface area contributed by atoms with Gasteiger partial charge in [-0.25, -0.2) is 0 Å². The lowest BCUT2D eigenvalue weighted by Crippen LogP contribution is -2.32. The van der Waals surface area contributed by atoms with Crippen LogP contribution in [-0.2, 0) is 28.6 Å². The maximum atomic E-state index is 11.9. The number of unbranched alkanes of at least 4 members (excludes halogenated alkanes) is 1. The molecule has 0 aliphatic carbocycles. The van der Waals surface area contributed by atoms with E-state index in [0.717, 1.165) is 0 Å². The maximum absolute atomic E-state index is 11.9. The Morgan fingerprint density at radius 2 is 1.60 bits per heavy atom. The lowest BCUT2D eigenvalue weighted by Gasteiger charge is -2.27. The zero-order valence-corrected chi connectivity index (χ0v) is 17.7. The highest BCUT2D eigenvalue weighted by Gasteiger charge is 2.26. The smallest absolute Gasteiger partial charge is 0.306 e. The fourth-order valence-electron chi connectivity index (χ4n) is 2.76. The van der Waals surface area contributed by atoms with Crippen LogP contribution >= 0.6 is 0 Å². The summed E-state index contributed by atoms with van der Waals surface area (Å²) in [5.74, 6) is -1.52. The van der Waals surface area contributed by atoms with Crippen LogP contribution in [0.2, 0.25) is 0 Å². The van der Waals surface area contributed by atoms with Gasteiger partial charge in [-0.15, -0.1) is 6.58 Å². The minimum Gasteiger partial charge on any atom is -0.466 e.